The topological polar surface area (TPSA) is 68.9 Å². The molecule has 0 spiro atoms. The number of carbonyl (C=O) groups excluding carboxylic acids is 1. The van der Waals surface area contributed by atoms with Crippen molar-refractivity contribution in [2.75, 3.05) is 5.32 Å². The van der Waals surface area contributed by atoms with Crippen LogP contribution in [0.4, 0.5) is 10.1 Å². The summed E-state index contributed by atoms with van der Waals surface area (Å²) in [5.41, 5.74) is 2.48. The van der Waals surface area contributed by atoms with E-state index >= 15 is 0 Å². The highest BCUT2D eigenvalue weighted by Crippen LogP contribution is 2.26. The zero-order chi connectivity index (χ0) is 22.9. The summed E-state index contributed by atoms with van der Waals surface area (Å²) in [5.74, 6) is -0.746. The molecule has 1 amide bonds. The summed E-state index contributed by atoms with van der Waals surface area (Å²) in [6.07, 6.45) is 1.47. The van der Waals surface area contributed by atoms with Crippen molar-refractivity contribution < 1.29 is 9.18 Å². The van der Waals surface area contributed by atoms with Crippen molar-refractivity contribution in [1.82, 2.24) is 14.1 Å². The summed E-state index contributed by atoms with van der Waals surface area (Å²) >= 11 is 3.38. The number of halogens is 2. The predicted molar refractivity (Wildman–Crippen MR) is 130 cm³/mol. The Hall–Kier alpha value is -3.78. The fraction of sp³-hybridized carbons (Fsp3) is 0.0800. The minimum atomic E-state index is -0.435. The number of rotatable bonds is 5. The van der Waals surface area contributed by atoms with Crippen LogP contribution < -0.4 is 10.9 Å². The second-order valence-corrected chi connectivity index (χ2v) is 8.58. The lowest BCUT2D eigenvalue weighted by molar-refractivity contribution is -0.116. The third-order valence-electron chi connectivity index (χ3n) is 5.39. The average molecular weight is 505 g/mol. The number of amides is 1. The van der Waals surface area contributed by atoms with E-state index in [2.05, 4.69) is 26.2 Å². The maximum Gasteiger partial charge on any atom is 0.278 e. The Kier molecular flexibility index (Phi) is 5.51. The fourth-order valence-corrected chi connectivity index (χ4v) is 4.34. The van der Waals surface area contributed by atoms with Gasteiger partial charge in [0.1, 0.15) is 23.4 Å². The molecule has 0 aliphatic heterocycles. The van der Waals surface area contributed by atoms with Crippen LogP contribution in [-0.4, -0.2) is 20.0 Å². The van der Waals surface area contributed by atoms with Gasteiger partial charge in [-0.1, -0.05) is 52.3 Å². The van der Waals surface area contributed by atoms with Gasteiger partial charge in [0.05, 0.1) is 18.4 Å². The van der Waals surface area contributed by atoms with Crippen molar-refractivity contribution >= 4 is 49.5 Å². The number of anilines is 1. The van der Waals surface area contributed by atoms with Crippen LogP contribution in [0.1, 0.15) is 5.56 Å². The molecule has 0 atom stereocenters. The first-order valence-corrected chi connectivity index (χ1v) is 11.0. The van der Waals surface area contributed by atoms with Crippen LogP contribution in [0.25, 0.3) is 21.9 Å². The highest BCUT2D eigenvalue weighted by atomic mass is 79.9. The van der Waals surface area contributed by atoms with Crippen LogP contribution in [0.5, 0.6) is 0 Å². The molecule has 0 saturated carbocycles. The van der Waals surface area contributed by atoms with Gasteiger partial charge < -0.3 is 9.88 Å². The predicted octanol–water partition coefficient (Wildman–Crippen LogP) is 4.94. The minimum Gasteiger partial charge on any atom is -0.325 e. The van der Waals surface area contributed by atoms with Crippen LogP contribution in [0.3, 0.4) is 0 Å². The van der Waals surface area contributed by atoms with Crippen molar-refractivity contribution in [3.63, 3.8) is 0 Å². The van der Waals surface area contributed by atoms with Crippen LogP contribution in [0.15, 0.2) is 88.4 Å². The molecule has 33 heavy (non-hydrogen) atoms. The van der Waals surface area contributed by atoms with E-state index in [9.17, 15) is 14.0 Å². The van der Waals surface area contributed by atoms with Gasteiger partial charge >= 0.3 is 0 Å². The van der Waals surface area contributed by atoms with Crippen LogP contribution >= 0.6 is 15.9 Å². The Balaban J connectivity index is 1.61. The Bertz CT molecular complexity index is 1560. The third-order valence-corrected chi connectivity index (χ3v) is 5.89. The maximum atomic E-state index is 14.0. The fourth-order valence-electron chi connectivity index (χ4n) is 3.94. The highest BCUT2D eigenvalue weighted by Gasteiger charge is 2.19. The standard InChI is InChI=1S/C25H18BrFN4O2/c26-17-7-4-8-19(11-17)29-22(32)14-31-21-10-9-18(27)12-20(21)23-24(31)25(33)30(15-28-23)13-16-5-2-1-3-6-16/h1-12,15H,13-14H2,(H,29,32). The van der Waals surface area contributed by atoms with E-state index in [1.54, 1.807) is 22.8 Å². The number of nitrogens with one attached hydrogen (secondary N) is 1. The Morgan fingerprint density at radius 1 is 1.03 bits per heavy atom. The summed E-state index contributed by atoms with van der Waals surface area (Å²) < 4.78 is 18.0. The van der Waals surface area contributed by atoms with Crippen molar-refractivity contribution in [2.45, 2.75) is 13.1 Å². The molecular formula is C25H18BrFN4O2. The van der Waals surface area contributed by atoms with Crippen LogP contribution in [0.2, 0.25) is 0 Å². The van der Waals surface area contributed by atoms with E-state index < -0.39 is 5.82 Å². The first kappa shape index (κ1) is 21.1. The van der Waals surface area contributed by atoms with E-state index in [0.29, 0.717) is 28.7 Å². The second kappa shape index (κ2) is 8.63. The molecule has 0 saturated heterocycles. The lowest BCUT2D eigenvalue weighted by atomic mass is 10.2. The van der Waals surface area contributed by atoms with Gasteiger partial charge in [-0.3, -0.25) is 14.2 Å². The number of hydrogen-bond acceptors (Lipinski definition) is 3. The molecular weight excluding hydrogens is 487 g/mol. The normalized spacial score (nSPS) is 11.2. The van der Waals surface area contributed by atoms with Gasteiger partial charge in [-0.05, 0) is 42.0 Å². The minimum absolute atomic E-state index is 0.121. The van der Waals surface area contributed by atoms with Gasteiger partial charge in [0, 0.05) is 15.5 Å². The van der Waals surface area contributed by atoms with Crippen molar-refractivity contribution in [2.24, 2.45) is 0 Å². The van der Waals surface area contributed by atoms with Gasteiger partial charge in [0.15, 0.2) is 0 Å². The van der Waals surface area contributed by atoms with Gasteiger partial charge in [0.25, 0.3) is 5.56 Å². The molecule has 0 aliphatic carbocycles. The summed E-state index contributed by atoms with van der Waals surface area (Å²) in [7, 11) is 0. The molecule has 0 radical (unpaired) electrons. The van der Waals surface area contributed by atoms with Gasteiger partial charge in [-0.15, -0.1) is 0 Å². The third kappa shape index (κ3) is 4.17. The molecule has 6 nitrogen and oxygen atoms in total. The molecule has 0 unspecified atom stereocenters. The molecule has 2 aromatic heterocycles. The van der Waals surface area contributed by atoms with Gasteiger partial charge in [-0.2, -0.15) is 0 Å². The quantitative estimate of drug-likeness (QED) is 0.368. The number of hydrogen-bond donors (Lipinski definition) is 1. The molecule has 5 aromatic rings. The molecule has 3 aromatic carbocycles. The van der Waals surface area contributed by atoms with Gasteiger partial charge in [0.2, 0.25) is 5.91 Å². The monoisotopic (exact) mass is 504 g/mol. The maximum absolute atomic E-state index is 14.0. The van der Waals surface area contributed by atoms with E-state index in [1.807, 2.05) is 42.5 Å². The number of aromatic nitrogens is 3. The Morgan fingerprint density at radius 3 is 2.64 bits per heavy atom. The van der Waals surface area contributed by atoms with Gasteiger partial charge in [-0.25, -0.2) is 9.37 Å². The Morgan fingerprint density at radius 2 is 1.85 bits per heavy atom. The van der Waals surface area contributed by atoms with Crippen molar-refractivity contribution in [3.8, 4) is 0 Å². The number of benzene rings is 3. The molecule has 8 heteroatoms. The second-order valence-electron chi connectivity index (χ2n) is 7.67. The molecule has 0 aliphatic rings. The smallest absolute Gasteiger partial charge is 0.278 e. The summed E-state index contributed by atoms with van der Waals surface area (Å²) in [4.78, 5) is 30.8. The SMILES string of the molecule is O=C(Cn1c2ccc(F)cc2c2ncn(Cc3ccccc3)c(=O)c21)Nc1cccc(Br)c1. The average Bonchev–Trinajstić information content (AvgIpc) is 3.09. The zero-order valence-corrected chi connectivity index (χ0v) is 18.9. The lowest BCUT2D eigenvalue weighted by Gasteiger charge is -2.10. The number of fused-ring (bicyclic) bond motifs is 3. The Labute approximate surface area is 196 Å². The zero-order valence-electron chi connectivity index (χ0n) is 17.3. The van der Waals surface area contributed by atoms with E-state index in [1.165, 1.54) is 23.0 Å². The van der Waals surface area contributed by atoms with E-state index in [4.69, 9.17) is 0 Å². The summed E-state index contributed by atoms with van der Waals surface area (Å²) in [6, 6.07) is 21.0. The molecule has 5 rings (SSSR count). The largest absolute Gasteiger partial charge is 0.325 e. The number of carbonyl (C=O) groups is 1. The highest BCUT2D eigenvalue weighted by molar-refractivity contribution is 9.10. The van der Waals surface area contributed by atoms with Crippen LogP contribution in [0, 0.1) is 5.82 Å². The van der Waals surface area contributed by atoms with Crippen molar-refractivity contribution in [1.29, 1.82) is 0 Å². The lowest BCUT2D eigenvalue weighted by Crippen LogP contribution is -2.25. The van der Waals surface area contributed by atoms with E-state index in [0.717, 1.165) is 10.0 Å². The first-order valence-electron chi connectivity index (χ1n) is 10.3. The number of nitrogens with zero attached hydrogens (tertiary/aromatic N) is 3. The summed E-state index contributed by atoms with van der Waals surface area (Å²) in [6.45, 7) is 0.215. The van der Waals surface area contributed by atoms with Crippen molar-refractivity contribution in [3.05, 3.63) is 105 Å². The molecule has 164 valence electrons. The first-order chi connectivity index (χ1) is 16.0. The molecule has 1 N–H and O–H groups in total. The van der Waals surface area contributed by atoms with E-state index in [-0.39, 0.29) is 23.5 Å². The molecule has 2 heterocycles. The molecule has 0 fully saturated rings. The summed E-state index contributed by atoms with van der Waals surface area (Å²) in [5, 5.41) is 3.33. The van der Waals surface area contributed by atoms with Crippen LogP contribution in [-0.2, 0) is 17.9 Å². The molecule has 0 bridgehead atoms.